The van der Waals surface area contributed by atoms with Crippen molar-refractivity contribution in [2.45, 2.75) is 19.4 Å². The van der Waals surface area contributed by atoms with Crippen molar-refractivity contribution in [3.63, 3.8) is 0 Å². The van der Waals surface area contributed by atoms with E-state index >= 15 is 0 Å². The van der Waals surface area contributed by atoms with Crippen LogP contribution in [0.3, 0.4) is 0 Å². The fourth-order valence-corrected chi connectivity index (χ4v) is 5.16. The molecule has 1 fully saturated rings. The largest absolute Gasteiger partial charge is 0.368 e. The Labute approximate surface area is 158 Å². The third kappa shape index (κ3) is 4.37. The van der Waals surface area contributed by atoms with Crippen LogP contribution in [0.4, 0.5) is 11.4 Å². The molecule has 138 valence electrons. The summed E-state index contributed by atoms with van der Waals surface area (Å²) in [6.07, 6.45) is 0.656. The average Bonchev–Trinajstić information content (AvgIpc) is 2.96. The van der Waals surface area contributed by atoms with E-state index in [1.807, 2.05) is 31.2 Å². The number of hydrogen-bond acceptors (Lipinski definition) is 4. The van der Waals surface area contributed by atoms with Crippen LogP contribution in [0.1, 0.15) is 23.7 Å². The fourth-order valence-electron chi connectivity index (χ4n) is 3.24. The summed E-state index contributed by atoms with van der Waals surface area (Å²) in [4.78, 5) is 14.4. The molecule has 2 aromatic carbocycles. The zero-order chi connectivity index (χ0) is 18.7. The Balaban J connectivity index is 1.70. The first-order valence-electron chi connectivity index (χ1n) is 8.52. The van der Waals surface area contributed by atoms with Gasteiger partial charge in [-0.3, -0.25) is 4.79 Å². The lowest BCUT2D eigenvalue weighted by molar-refractivity contribution is 0.102. The predicted molar refractivity (Wildman–Crippen MR) is 106 cm³/mol. The topological polar surface area (TPSA) is 66.5 Å². The Morgan fingerprint density at radius 1 is 1.23 bits per heavy atom. The first-order chi connectivity index (χ1) is 12.4. The molecule has 1 atom stereocenters. The average molecular weight is 393 g/mol. The van der Waals surface area contributed by atoms with E-state index in [1.165, 1.54) is 0 Å². The van der Waals surface area contributed by atoms with Crippen molar-refractivity contribution in [1.82, 2.24) is 0 Å². The molecule has 3 rings (SSSR count). The third-order valence-corrected chi connectivity index (χ3v) is 6.52. The first kappa shape index (κ1) is 18.7. The summed E-state index contributed by atoms with van der Waals surface area (Å²) in [5.74, 6) is 0.227. The maximum Gasteiger partial charge on any atom is 0.255 e. The number of halogens is 1. The lowest BCUT2D eigenvalue weighted by Gasteiger charge is -2.29. The Bertz CT molecular complexity index is 897. The van der Waals surface area contributed by atoms with Crippen LogP contribution < -0.4 is 10.2 Å². The van der Waals surface area contributed by atoms with Gasteiger partial charge in [-0.15, -0.1) is 0 Å². The summed E-state index contributed by atoms with van der Waals surface area (Å²) in [6, 6.07) is 14.2. The molecular weight excluding hydrogens is 372 g/mol. The number of sulfone groups is 1. The third-order valence-electron chi connectivity index (χ3n) is 4.53. The van der Waals surface area contributed by atoms with Crippen LogP contribution in [0.15, 0.2) is 48.5 Å². The van der Waals surface area contributed by atoms with Gasteiger partial charge in [0.1, 0.15) is 0 Å². The van der Waals surface area contributed by atoms with E-state index < -0.39 is 9.84 Å². The van der Waals surface area contributed by atoms with Gasteiger partial charge in [-0.05, 0) is 55.8 Å². The molecule has 0 saturated carbocycles. The molecule has 0 bridgehead atoms. The van der Waals surface area contributed by atoms with Crippen molar-refractivity contribution in [3.8, 4) is 0 Å². The Morgan fingerprint density at radius 2 is 1.96 bits per heavy atom. The highest BCUT2D eigenvalue weighted by atomic mass is 35.5. The highest BCUT2D eigenvalue weighted by molar-refractivity contribution is 7.91. The van der Waals surface area contributed by atoms with Gasteiger partial charge in [0.05, 0.1) is 11.5 Å². The maximum atomic E-state index is 12.3. The minimum Gasteiger partial charge on any atom is -0.368 e. The van der Waals surface area contributed by atoms with Crippen LogP contribution >= 0.6 is 11.6 Å². The molecule has 0 aromatic heterocycles. The van der Waals surface area contributed by atoms with Gasteiger partial charge in [0.2, 0.25) is 0 Å². The van der Waals surface area contributed by atoms with Gasteiger partial charge >= 0.3 is 0 Å². The standard InChI is InChI=1S/C19H21ClN2O3S/c1-2-22(18-10-11-26(24,25)13-18)17-8-6-16(7-9-17)21-19(23)14-4-3-5-15(20)12-14/h3-9,12,18H,2,10-11,13H2,1H3,(H,21,23). The molecule has 7 heteroatoms. The van der Waals surface area contributed by atoms with E-state index in [9.17, 15) is 13.2 Å². The molecule has 1 heterocycles. The molecule has 1 unspecified atom stereocenters. The molecule has 26 heavy (non-hydrogen) atoms. The van der Waals surface area contributed by atoms with Crippen molar-refractivity contribution in [3.05, 3.63) is 59.1 Å². The molecule has 1 aliphatic rings. The second-order valence-corrected chi connectivity index (χ2v) is 9.02. The number of hydrogen-bond donors (Lipinski definition) is 1. The molecule has 2 aromatic rings. The van der Waals surface area contributed by atoms with E-state index in [2.05, 4.69) is 10.2 Å². The van der Waals surface area contributed by atoms with Gasteiger partial charge in [-0.2, -0.15) is 0 Å². The Morgan fingerprint density at radius 3 is 2.54 bits per heavy atom. The van der Waals surface area contributed by atoms with E-state index in [4.69, 9.17) is 11.6 Å². The lowest BCUT2D eigenvalue weighted by Crippen LogP contribution is -2.36. The predicted octanol–water partition coefficient (Wildman–Crippen LogP) is 3.61. The van der Waals surface area contributed by atoms with Crippen LogP contribution in [0.25, 0.3) is 0 Å². The van der Waals surface area contributed by atoms with E-state index in [0.29, 0.717) is 22.7 Å². The number of carbonyl (C=O) groups is 1. The minimum atomic E-state index is -2.93. The number of carbonyl (C=O) groups excluding carboxylic acids is 1. The highest BCUT2D eigenvalue weighted by Crippen LogP contribution is 2.25. The quantitative estimate of drug-likeness (QED) is 0.844. The molecule has 1 N–H and O–H groups in total. The van der Waals surface area contributed by atoms with Gasteiger partial charge in [0, 0.05) is 34.5 Å². The number of amides is 1. The summed E-state index contributed by atoms with van der Waals surface area (Å²) >= 11 is 5.92. The zero-order valence-electron chi connectivity index (χ0n) is 14.5. The molecule has 1 saturated heterocycles. The molecular formula is C19H21ClN2O3S. The zero-order valence-corrected chi connectivity index (χ0v) is 16.1. The monoisotopic (exact) mass is 392 g/mol. The highest BCUT2D eigenvalue weighted by Gasteiger charge is 2.31. The maximum absolute atomic E-state index is 12.3. The second-order valence-electron chi connectivity index (χ2n) is 6.35. The Kier molecular flexibility index (Phi) is 5.53. The van der Waals surface area contributed by atoms with E-state index in [0.717, 1.165) is 12.2 Å². The minimum absolute atomic E-state index is 0.0110. The van der Waals surface area contributed by atoms with Crippen LogP contribution in [-0.4, -0.2) is 38.4 Å². The van der Waals surface area contributed by atoms with Crippen LogP contribution in [0, 0.1) is 0 Å². The number of benzene rings is 2. The number of nitrogens with one attached hydrogen (secondary N) is 1. The second kappa shape index (κ2) is 7.68. The summed E-state index contributed by atoms with van der Waals surface area (Å²) in [6.45, 7) is 2.74. The van der Waals surface area contributed by atoms with Crippen LogP contribution in [0.5, 0.6) is 0 Å². The van der Waals surface area contributed by atoms with Crippen LogP contribution in [-0.2, 0) is 9.84 Å². The SMILES string of the molecule is CCN(c1ccc(NC(=O)c2cccc(Cl)c2)cc1)C1CCS(=O)(=O)C1. The van der Waals surface area contributed by atoms with E-state index in [1.54, 1.807) is 24.3 Å². The smallest absolute Gasteiger partial charge is 0.255 e. The number of rotatable bonds is 5. The summed E-state index contributed by atoms with van der Waals surface area (Å²) < 4.78 is 23.5. The molecule has 1 aliphatic heterocycles. The van der Waals surface area contributed by atoms with Crippen molar-refractivity contribution in [1.29, 1.82) is 0 Å². The molecule has 0 spiro atoms. The molecule has 0 radical (unpaired) electrons. The van der Waals surface area contributed by atoms with Gasteiger partial charge in [-0.25, -0.2) is 8.42 Å². The molecule has 0 aliphatic carbocycles. The van der Waals surface area contributed by atoms with Gasteiger partial charge in [0.25, 0.3) is 5.91 Å². The van der Waals surface area contributed by atoms with Gasteiger partial charge in [0.15, 0.2) is 9.84 Å². The molecule has 5 nitrogen and oxygen atoms in total. The first-order valence-corrected chi connectivity index (χ1v) is 10.7. The van der Waals surface area contributed by atoms with Crippen LogP contribution in [0.2, 0.25) is 5.02 Å². The summed E-state index contributed by atoms with van der Waals surface area (Å²) in [5.41, 5.74) is 2.12. The fraction of sp³-hybridized carbons (Fsp3) is 0.316. The number of nitrogens with zero attached hydrogens (tertiary/aromatic N) is 1. The van der Waals surface area contributed by atoms with Gasteiger partial charge in [-0.1, -0.05) is 17.7 Å². The number of anilines is 2. The molecule has 1 amide bonds. The van der Waals surface area contributed by atoms with Crippen molar-refractivity contribution >= 4 is 38.7 Å². The summed E-state index contributed by atoms with van der Waals surface area (Å²) in [7, 11) is -2.93. The summed E-state index contributed by atoms with van der Waals surface area (Å²) in [5, 5.41) is 3.35. The van der Waals surface area contributed by atoms with Crippen molar-refractivity contribution in [2.75, 3.05) is 28.3 Å². The lowest BCUT2D eigenvalue weighted by atomic mass is 10.1. The van der Waals surface area contributed by atoms with E-state index in [-0.39, 0.29) is 23.5 Å². The van der Waals surface area contributed by atoms with Gasteiger partial charge < -0.3 is 10.2 Å². The van der Waals surface area contributed by atoms with Crippen molar-refractivity contribution < 1.29 is 13.2 Å². The van der Waals surface area contributed by atoms with Crippen molar-refractivity contribution in [2.24, 2.45) is 0 Å². The Hall–Kier alpha value is -2.05. The normalized spacial score (nSPS) is 18.5.